The number of hydrazine groups is 1. The average molecular weight is 158 g/mol. The van der Waals surface area contributed by atoms with E-state index < -0.39 is 0 Å². The Morgan fingerprint density at radius 2 is 1.91 bits per heavy atom. The lowest BCUT2D eigenvalue weighted by Crippen LogP contribution is -2.02. The summed E-state index contributed by atoms with van der Waals surface area (Å²) in [7, 11) is 0. The third-order valence-electron chi connectivity index (χ3n) is 0.693. The predicted octanol–water partition coefficient (Wildman–Crippen LogP) is -1.13. The molecule has 0 saturated heterocycles. The summed E-state index contributed by atoms with van der Waals surface area (Å²) in [6, 6.07) is -0.260. The zero-order chi connectivity index (χ0) is 9.11. The molecule has 62 valence electrons. The van der Waals surface area contributed by atoms with E-state index >= 15 is 0 Å². The summed E-state index contributed by atoms with van der Waals surface area (Å²) in [5.74, 6) is 8.00. The van der Waals surface area contributed by atoms with Gasteiger partial charge in [-0.1, -0.05) is 0 Å². The lowest BCUT2D eigenvalue weighted by Gasteiger charge is -1.91. The third kappa shape index (κ3) is 12.0. The summed E-state index contributed by atoms with van der Waals surface area (Å²) in [4.78, 5) is 25.5. The fourth-order valence-corrected chi connectivity index (χ4v) is 0.300. The van der Waals surface area contributed by atoms with Gasteiger partial charge in [-0.3, -0.25) is 11.7 Å². The number of carbonyl (C=O) groups excluding carboxylic acids is 2. The standard InChI is InChI=1S/C5H6N2O2.H4N2/c1-5(7-4-9)2-6-3-8;1-2/h5H,2H2,1H3;1-2H2. The van der Waals surface area contributed by atoms with E-state index in [4.69, 9.17) is 0 Å². The number of nitrogens with two attached hydrogens (primary N) is 2. The molecule has 0 saturated carbocycles. The van der Waals surface area contributed by atoms with Crippen molar-refractivity contribution < 1.29 is 9.59 Å². The van der Waals surface area contributed by atoms with Gasteiger partial charge in [-0.15, -0.1) is 0 Å². The van der Waals surface area contributed by atoms with Gasteiger partial charge in [0.15, 0.2) is 0 Å². The Balaban J connectivity index is 0. The lowest BCUT2D eigenvalue weighted by molar-refractivity contribution is 0.554. The van der Waals surface area contributed by atoms with Crippen LogP contribution in [-0.2, 0) is 9.59 Å². The van der Waals surface area contributed by atoms with Crippen LogP contribution >= 0.6 is 0 Å². The van der Waals surface area contributed by atoms with Crippen molar-refractivity contribution in [2.75, 3.05) is 6.54 Å². The molecule has 0 rings (SSSR count). The number of rotatable bonds is 3. The van der Waals surface area contributed by atoms with Crippen molar-refractivity contribution in [3.05, 3.63) is 0 Å². The van der Waals surface area contributed by atoms with Crippen LogP contribution in [0.15, 0.2) is 9.98 Å². The van der Waals surface area contributed by atoms with Crippen LogP contribution in [0.2, 0.25) is 0 Å². The van der Waals surface area contributed by atoms with Gasteiger partial charge in [0.2, 0.25) is 12.2 Å². The average Bonchev–Trinajstić information content (AvgIpc) is 2.05. The zero-order valence-corrected chi connectivity index (χ0v) is 6.15. The first kappa shape index (κ1) is 12.4. The monoisotopic (exact) mass is 158 g/mol. The summed E-state index contributed by atoms with van der Waals surface area (Å²) < 4.78 is 0. The topological polar surface area (TPSA) is 111 Å². The van der Waals surface area contributed by atoms with Gasteiger partial charge in [0, 0.05) is 0 Å². The van der Waals surface area contributed by atoms with Gasteiger partial charge in [-0.25, -0.2) is 19.6 Å². The Hall–Kier alpha value is -1.32. The van der Waals surface area contributed by atoms with Crippen LogP contribution in [0.3, 0.4) is 0 Å². The van der Waals surface area contributed by atoms with E-state index in [1.54, 1.807) is 6.92 Å². The van der Waals surface area contributed by atoms with Crippen LogP contribution in [0, 0.1) is 0 Å². The minimum absolute atomic E-state index is 0.207. The molecule has 0 heterocycles. The molecular weight excluding hydrogens is 148 g/mol. The molecule has 11 heavy (non-hydrogen) atoms. The first-order valence-corrected chi connectivity index (χ1v) is 2.75. The molecule has 0 aliphatic rings. The van der Waals surface area contributed by atoms with Gasteiger partial charge in [0.1, 0.15) is 0 Å². The molecule has 0 fully saturated rings. The molecule has 0 bridgehead atoms. The molecule has 0 amide bonds. The molecule has 0 aromatic rings. The first-order valence-electron chi connectivity index (χ1n) is 2.75. The number of isocyanates is 2. The highest BCUT2D eigenvalue weighted by Gasteiger charge is 1.93. The summed E-state index contributed by atoms with van der Waals surface area (Å²) >= 11 is 0. The van der Waals surface area contributed by atoms with Crippen molar-refractivity contribution in [1.29, 1.82) is 0 Å². The number of nitrogens with zero attached hydrogens (tertiary/aromatic N) is 2. The minimum Gasteiger partial charge on any atom is -0.274 e. The largest absolute Gasteiger partial charge is 0.274 e. The van der Waals surface area contributed by atoms with Crippen molar-refractivity contribution >= 4 is 12.2 Å². The summed E-state index contributed by atoms with van der Waals surface area (Å²) in [5.41, 5.74) is 0. The highest BCUT2D eigenvalue weighted by atomic mass is 16.1. The molecule has 0 aromatic heterocycles. The van der Waals surface area contributed by atoms with Gasteiger partial charge in [-0.2, -0.15) is 0 Å². The lowest BCUT2D eigenvalue weighted by atomic mass is 10.4. The Morgan fingerprint density at radius 3 is 2.27 bits per heavy atom. The Kier molecular flexibility index (Phi) is 12.9. The number of hydrogen-bond donors (Lipinski definition) is 2. The van der Waals surface area contributed by atoms with Crippen molar-refractivity contribution in [2.45, 2.75) is 13.0 Å². The van der Waals surface area contributed by atoms with Gasteiger partial charge in [-0.05, 0) is 6.92 Å². The van der Waals surface area contributed by atoms with Gasteiger partial charge in [0.05, 0.1) is 12.6 Å². The molecule has 0 aliphatic carbocycles. The summed E-state index contributed by atoms with van der Waals surface area (Å²) in [6.07, 6.45) is 2.70. The molecule has 6 nitrogen and oxygen atoms in total. The molecule has 0 spiro atoms. The second-order valence-electron chi connectivity index (χ2n) is 1.50. The maximum absolute atomic E-state index is 9.55. The van der Waals surface area contributed by atoms with E-state index in [1.807, 2.05) is 0 Å². The second kappa shape index (κ2) is 11.5. The molecule has 4 N–H and O–H groups in total. The fourth-order valence-electron chi connectivity index (χ4n) is 0.300. The van der Waals surface area contributed by atoms with Crippen LogP contribution in [0.25, 0.3) is 0 Å². The first-order chi connectivity index (χ1) is 5.31. The zero-order valence-electron chi connectivity index (χ0n) is 6.15. The van der Waals surface area contributed by atoms with Gasteiger partial charge in [0.25, 0.3) is 0 Å². The van der Waals surface area contributed by atoms with Crippen molar-refractivity contribution in [2.24, 2.45) is 21.7 Å². The van der Waals surface area contributed by atoms with E-state index in [0.29, 0.717) is 0 Å². The second-order valence-corrected chi connectivity index (χ2v) is 1.50. The van der Waals surface area contributed by atoms with E-state index in [2.05, 4.69) is 21.7 Å². The maximum Gasteiger partial charge on any atom is 0.235 e. The van der Waals surface area contributed by atoms with Crippen molar-refractivity contribution in [3.63, 3.8) is 0 Å². The Labute approximate surface area is 64.0 Å². The Morgan fingerprint density at radius 1 is 1.36 bits per heavy atom. The normalized spacial score (nSPS) is 9.36. The van der Waals surface area contributed by atoms with Crippen LogP contribution in [0.5, 0.6) is 0 Å². The SMILES string of the molecule is CC(CN=C=O)N=C=O.NN. The van der Waals surface area contributed by atoms with E-state index in [-0.39, 0.29) is 12.6 Å². The van der Waals surface area contributed by atoms with E-state index in [0.717, 1.165) is 0 Å². The summed E-state index contributed by atoms with van der Waals surface area (Å²) in [6.45, 7) is 1.87. The maximum atomic E-state index is 9.55. The highest BCUT2D eigenvalue weighted by Crippen LogP contribution is 1.85. The quantitative estimate of drug-likeness (QED) is 0.234. The number of aliphatic imine (C=N–C) groups is 2. The Bertz CT molecular complexity index is 169. The molecule has 6 heteroatoms. The summed E-state index contributed by atoms with van der Waals surface area (Å²) in [5, 5.41) is 0. The van der Waals surface area contributed by atoms with Gasteiger partial charge >= 0.3 is 0 Å². The van der Waals surface area contributed by atoms with Crippen molar-refractivity contribution in [3.8, 4) is 0 Å². The van der Waals surface area contributed by atoms with Crippen LogP contribution in [-0.4, -0.2) is 24.7 Å². The third-order valence-corrected chi connectivity index (χ3v) is 0.693. The smallest absolute Gasteiger partial charge is 0.235 e. The predicted molar refractivity (Wildman–Crippen MR) is 38.9 cm³/mol. The van der Waals surface area contributed by atoms with E-state index in [9.17, 15) is 9.59 Å². The van der Waals surface area contributed by atoms with Crippen molar-refractivity contribution in [1.82, 2.24) is 0 Å². The fraction of sp³-hybridized carbons (Fsp3) is 0.600. The molecule has 0 radical (unpaired) electrons. The van der Waals surface area contributed by atoms with Crippen LogP contribution in [0.1, 0.15) is 6.92 Å². The van der Waals surface area contributed by atoms with Gasteiger partial charge < -0.3 is 0 Å². The van der Waals surface area contributed by atoms with E-state index in [1.165, 1.54) is 12.2 Å². The molecule has 1 atom stereocenters. The molecule has 1 unspecified atom stereocenters. The van der Waals surface area contributed by atoms with Crippen LogP contribution in [0.4, 0.5) is 0 Å². The molecule has 0 aliphatic heterocycles. The highest BCUT2D eigenvalue weighted by molar-refractivity contribution is 5.34. The minimum atomic E-state index is -0.260. The number of hydrogen-bond acceptors (Lipinski definition) is 6. The molecular formula is C5H10N4O2. The molecule has 0 aromatic carbocycles. The van der Waals surface area contributed by atoms with Crippen LogP contribution < -0.4 is 11.7 Å².